The van der Waals surface area contributed by atoms with E-state index in [1.54, 1.807) is 25.3 Å². The Bertz CT molecular complexity index is 580. The van der Waals surface area contributed by atoms with Crippen LogP contribution in [0.1, 0.15) is 33.0 Å². The molecule has 114 valence electrons. The molecule has 8 heteroatoms. The van der Waals surface area contributed by atoms with Crippen molar-refractivity contribution in [2.45, 2.75) is 51.7 Å². The lowest BCUT2D eigenvalue weighted by Gasteiger charge is -2.24. The van der Waals surface area contributed by atoms with Crippen LogP contribution in [0.4, 0.5) is 0 Å². The first kappa shape index (κ1) is 16.6. The number of carboxylic acids is 1. The molecular weight excluding hydrogens is 282 g/mol. The summed E-state index contributed by atoms with van der Waals surface area (Å²) in [6.45, 7) is 7.73. The van der Waals surface area contributed by atoms with Gasteiger partial charge in [0, 0.05) is 25.3 Å². The third-order valence-electron chi connectivity index (χ3n) is 3.14. The van der Waals surface area contributed by atoms with E-state index in [2.05, 4.69) is 4.98 Å². The third-order valence-corrected chi connectivity index (χ3v) is 5.10. The van der Waals surface area contributed by atoms with Crippen molar-refractivity contribution in [3.63, 3.8) is 0 Å². The van der Waals surface area contributed by atoms with Gasteiger partial charge in [0.25, 0.3) is 10.0 Å². The summed E-state index contributed by atoms with van der Waals surface area (Å²) < 4.78 is 28.0. The highest BCUT2D eigenvalue weighted by molar-refractivity contribution is 7.89. The van der Waals surface area contributed by atoms with Crippen molar-refractivity contribution in [2.24, 2.45) is 0 Å². The van der Waals surface area contributed by atoms with E-state index in [1.807, 2.05) is 6.92 Å². The molecule has 0 saturated carbocycles. The molecule has 1 unspecified atom stereocenters. The Morgan fingerprint density at radius 3 is 2.50 bits per heavy atom. The van der Waals surface area contributed by atoms with Gasteiger partial charge in [-0.05, 0) is 20.8 Å². The fraction of sp³-hybridized carbons (Fsp3) is 0.667. The van der Waals surface area contributed by atoms with Crippen LogP contribution >= 0.6 is 0 Å². The molecule has 7 nitrogen and oxygen atoms in total. The Morgan fingerprint density at radius 1 is 1.50 bits per heavy atom. The molecule has 0 saturated heterocycles. The summed E-state index contributed by atoms with van der Waals surface area (Å²) in [5.41, 5.74) is 0. The smallest absolute Gasteiger partial charge is 0.304 e. The largest absolute Gasteiger partial charge is 0.481 e. The average molecular weight is 303 g/mol. The Balaban J connectivity index is 3.14. The normalized spacial score (nSPS) is 13.7. The van der Waals surface area contributed by atoms with Crippen LogP contribution in [0.3, 0.4) is 0 Å². The molecule has 0 spiro atoms. The van der Waals surface area contributed by atoms with Crippen LogP contribution in [-0.2, 0) is 21.4 Å². The molecule has 0 aliphatic carbocycles. The predicted molar refractivity (Wildman–Crippen MR) is 73.9 cm³/mol. The zero-order chi connectivity index (χ0) is 15.5. The highest BCUT2D eigenvalue weighted by Gasteiger charge is 2.31. The average Bonchev–Trinajstić information content (AvgIpc) is 2.70. The topological polar surface area (TPSA) is 92.5 Å². The molecule has 0 aliphatic rings. The van der Waals surface area contributed by atoms with Gasteiger partial charge in [0.1, 0.15) is 5.82 Å². The molecular formula is C12H21N3O4S. The number of nitrogens with zero attached hydrogens (tertiary/aromatic N) is 3. The van der Waals surface area contributed by atoms with Crippen molar-refractivity contribution in [3.8, 4) is 0 Å². The van der Waals surface area contributed by atoms with E-state index in [1.165, 1.54) is 10.5 Å². The zero-order valence-electron chi connectivity index (χ0n) is 12.2. The van der Waals surface area contributed by atoms with Crippen molar-refractivity contribution in [1.29, 1.82) is 0 Å². The number of imidazole rings is 1. The molecule has 0 bridgehead atoms. The van der Waals surface area contributed by atoms with Gasteiger partial charge in [0.15, 0.2) is 5.03 Å². The molecule has 0 fully saturated rings. The molecule has 0 aromatic carbocycles. The number of hydrogen-bond acceptors (Lipinski definition) is 4. The van der Waals surface area contributed by atoms with Gasteiger partial charge in [-0.1, -0.05) is 6.92 Å². The van der Waals surface area contributed by atoms with Crippen LogP contribution in [0.5, 0.6) is 0 Å². The summed E-state index contributed by atoms with van der Waals surface area (Å²) in [6.07, 6.45) is 1.25. The number of aliphatic carboxylic acids is 1. The predicted octanol–water partition coefficient (Wildman–Crippen LogP) is 1.09. The number of carbonyl (C=O) groups is 1. The fourth-order valence-corrected chi connectivity index (χ4v) is 3.75. The highest BCUT2D eigenvalue weighted by Crippen LogP contribution is 2.19. The van der Waals surface area contributed by atoms with E-state index in [0.29, 0.717) is 12.4 Å². The van der Waals surface area contributed by atoms with Crippen LogP contribution in [0.15, 0.2) is 11.2 Å². The number of hydrogen-bond donors (Lipinski definition) is 1. The Hall–Kier alpha value is -1.41. The minimum atomic E-state index is -3.77. The lowest BCUT2D eigenvalue weighted by Crippen LogP contribution is -2.39. The Kier molecular flexibility index (Phi) is 5.29. The van der Waals surface area contributed by atoms with Crippen LogP contribution in [0.25, 0.3) is 0 Å². The molecule has 0 aliphatic heterocycles. The van der Waals surface area contributed by atoms with Crippen molar-refractivity contribution in [2.75, 3.05) is 6.54 Å². The summed E-state index contributed by atoms with van der Waals surface area (Å²) in [6, 6.07) is -0.616. The van der Waals surface area contributed by atoms with Gasteiger partial charge in [0.2, 0.25) is 0 Å². The molecule has 0 radical (unpaired) electrons. The molecule has 1 heterocycles. The second-order valence-electron chi connectivity index (χ2n) is 4.57. The first-order valence-electron chi connectivity index (χ1n) is 6.51. The molecule has 1 atom stereocenters. The number of aryl methyl sites for hydroxylation is 2. The van der Waals surface area contributed by atoms with Gasteiger partial charge in [-0.3, -0.25) is 4.79 Å². The first-order chi connectivity index (χ1) is 9.23. The summed E-state index contributed by atoms with van der Waals surface area (Å²) in [7, 11) is -3.77. The summed E-state index contributed by atoms with van der Waals surface area (Å²) in [5.74, 6) is -0.408. The van der Waals surface area contributed by atoms with Gasteiger partial charge >= 0.3 is 5.97 Å². The molecule has 1 rings (SSSR count). The van der Waals surface area contributed by atoms with Crippen molar-refractivity contribution in [3.05, 3.63) is 12.0 Å². The van der Waals surface area contributed by atoms with Crippen LogP contribution < -0.4 is 0 Å². The summed E-state index contributed by atoms with van der Waals surface area (Å²) >= 11 is 0. The van der Waals surface area contributed by atoms with Crippen LogP contribution in [0.2, 0.25) is 0 Å². The Labute approximate surface area is 119 Å². The lowest BCUT2D eigenvalue weighted by molar-refractivity contribution is -0.137. The van der Waals surface area contributed by atoms with Crippen molar-refractivity contribution in [1.82, 2.24) is 13.9 Å². The maximum Gasteiger partial charge on any atom is 0.304 e. The second-order valence-corrected chi connectivity index (χ2v) is 6.41. The SMILES string of the molecule is CCN(C(C)CC(=O)O)S(=O)(=O)c1cn(CC)c(C)n1. The molecule has 0 amide bonds. The van der Waals surface area contributed by atoms with E-state index >= 15 is 0 Å². The van der Waals surface area contributed by atoms with Gasteiger partial charge in [-0.2, -0.15) is 4.31 Å². The van der Waals surface area contributed by atoms with Crippen LogP contribution in [0, 0.1) is 6.92 Å². The number of aromatic nitrogens is 2. The number of sulfonamides is 1. The monoisotopic (exact) mass is 303 g/mol. The van der Waals surface area contributed by atoms with E-state index in [-0.39, 0.29) is 18.0 Å². The molecule has 1 aromatic rings. The van der Waals surface area contributed by atoms with Crippen molar-refractivity contribution >= 4 is 16.0 Å². The van der Waals surface area contributed by atoms with E-state index < -0.39 is 22.0 Å². The van der Waals surface area contributed by atoms with E-state index in [0.717, 1.165) is 0 Å². The van der Waals surface area contributed by atoms with Crippen LogP contribution in [-0.4, -0.2) is 45.9 Å². The number of rotatable bonds is 7. The van der Waals surface area contributed by atoms with Gasteiger partial charge in [-0.15, -0.1) is 0 Å². The van der Waals surface area contributed by atoms with E-state index in [4.69, 9.17) is 5.11 Å². The van der Waals surface area contributed by atoms with Gasteiger partial charge < -0.3 is 9.67 Å². The fourth-order valence-electron chi connectivity index (χ4n) is 2.12. The van der Waals surface area contributed by atoms with Gasteiger partial charge in [-0.25, -0.2) is 13.4 Å². The standard InChI is InChI=1S/C12H21N3O4S/c1-5-14-8-11(13-10(14)4)20(18,19)15(6-2)9(3)7-12(16)17/h8-9H,5-7H2,1-4H3,(H,16,17). The maximum atomic E-state index is 12.5. The molecule has 1 N–H and O–H groups in total. The van der Waals surface area contributed by atoms with E-state index in [9.17, 15) is 13.2 Å². The summed E-state index contributed by atoms with van der Waals surface area (Å²) in [5, 5.41) is 8.78. The highest BCUT2D eigenvalue weighted by atomic mass is 32.2. The van der Waals surface area contributed by atoms with Gasteiger partial charge in [0.05, 0.1) is 6.42 Å². The minimum Gasteiger partial charge on any atom is -0.481 e. The zero-order valence-corrected chi connectivity index (χ0v) is 13.0. The molecule has 20 heavy (non-hydrogen) atoms. The minimum absolute atomic E-state index is 0.0315. The second kappa shape index (κ2) is 6.36. The van der Waals surface area contributed by atoms with Crippen molar-refractivity contribution < 1.29 is 18.3 Å². The first-order valence-corrected chi connectivity index (χ1v) is 7.95. The third kappa shape index (κ3) is 3.37. The number of carboxylic acid groups (broad SMARTS) is 1. The lowest BCUT2D eigenvalue weighted by atomic mass is 10.2. The quantitative estimate of drug-likeness (QED) is 0.814. The Morgan fingerprint density at radius 2 is 2.10 bits per heavy atom. The molecule has 1 aromatic heterocycles. The summed E-state index contributed by atoms with van der Waals surface area (Å²) in [4.78, 5) is 14.8. The maximum absolute atomic E-state index is 12.5.